The molecule has 0 aromatic heterocycles. The van der Waals surface area contributed by atoms with Crippen molar-refractivity contribution in [2.24, 2.45) is 10.8 Å². The first-order valence-corrected chi connectivity index (χ1v) is 12.1. The summed E-state index contributed by atoms with van der Waals surface area (Å²) in [5, 5.41) is 11.0. The summed E-state index contributed by atoms with van der Waals surface area (Å²) in [6.07, 6.45) is 4.24. The molecule has 0 fully saturated rings. The molecule has 0 saturated heterocycles. The Kier molecular flexibility index (Phi) is 7.02. The lowest BCUT2D eigenvalue weighted by Crippen LogP contribution is -2.18. The molecule has 0 amide bonds. The maximum atomic E-state index is 13.4. The van der Waals surface area contributed by atoms with Crippen molar-refractivity contribution in [1.82, 2.24) is 0 Å². The Morgan fingerprint density at radius 2 is 1.25 bits per heavy atom. The van der Waals surface area contributed by atoms with Gasteiger partial charge in [0.1, 0.15) is 5.75 Å². The lowest BCUT2D eigenvalue weighted by molar-refractivity contribution is -0.115. The van der Waals surface area contributed by atoms with E-state index in [0.717, 1.165) is 28.7 Å². The zero-order valence-electron chi connectivity index (χ0n) is 22.7. The van der Waals surface area contributed by atoms with Crippen molar-refractivity contribution in [3.05, 3.63) is 51.6 Å². The minimum absolute atomic E-state index is 0.0463. The van der Waals surface area contributed by atoms with Crippen molar-refractivity contribution < 1.29 is 9.90 Å². The van der Waals surface area contributed by atoms with Crippen LogP contribution in [0.1, 0.15) is 113 Å². The molecule has 1 aromatic carbocycles. The van der Waals surface area contributed by atoms with Gasteiger partial charge in [-0.2, -0.15) is 0 Å². The lowest BCUT2D eigenvalue weighted by Gasteiger charge is -2.28. The summed E-state index contributed by atoms with van der Waals surface area (Å²) in [6, 6.07) is 4.20. The van der Waals surface area contributed by atoms with Crippen LogP contribution < -0.4 is 0 Å². The monoisotopic (exact) mass is 438 g/mol. The van der Waals surface area contributed by atoms with Crippen molar-refractivity contribution in [3.63, 3.8) is 0 Å². The Hall–Kier alpha value is -1.83. The highest BCUT2D eigenvalue weighted by Gasteiger charge is 2.33. The van der Waals surface area contributed by atoms with E-state index in [1.54, 1.807) is 0 Å². The molecule has 2 heteroatoms. The number of Topliss-reactive ketones (excluding diaryl/α,β-unsaturated/α-hetero) is 1. The maximum Gasteiger partial charge on any atom is 0.159 e. The zero-order valence-corrected chi connectivity index (χ0v) is 22.7. The fourth-order valence-corrected chi connectivity index (χ4v) is 4.39. The molecule has 0 atom stereocenters. The molecule has 0 saturated carbocycles. The molecule has 0 bridgehead atoms. The third-order valence-electron chi connectivity index (χ3n) is 6.55. The molecule has 1 aromatic rings. The fraction of sp³-hybridized carbons (Fsp3) is 0.633. The van der Waals surface area contributed by atoms with Gasteiger partial charge in [-0.25, -0.2) is 0 Å². The maximum absolute atomic E-state index is 13.4. The Bertz CT molecular complexity index is 908. The first-order valence-electron chi connectivity index (χ1n) is 12.1. The molecule has 2 rings (SSSR count). The number of aryl methyl sites for hydroxylation is 1. The van der Waals surface area contributed by atoms with Gasteiger partial charge in [0.05, 0.1) is 0 Å². The molecule has 178 valence electrons. The first-order chi connectivity index (χ1) is 14.2. The average Bonchev–Trinajstić information content (AvgIpc) is 3.04. The van der Waals surface area contributed by atoms with Crippen LogP contribution in [0, 0.1) is 10.8 Å². The number of benzene rings is 1. The Morgan fingerprint density at radius 1 is 0.781 bits per heavy atom. The van der Waals surface area contributed by atoms with Crippen molar-refractivity contribution in [2.75, 3.05) is 0 Å². The topological polar surface area (TPSA) is 37.3 Å². The molecule has 0 aliphatic heterocycles. The summed E-state index contributed by atoms with van der Waals surface area (Å²) in [5.74, 6) is 0.653. The molecule has 0 unspecified atom stereocenters. The molecular formula is C30H46O2. The van der Waals surface area contributed by atoms with Gasteiger partial charge in [-0.05, 0) is 56.8 Å². The predicted octanol–water partition coefficient (Wildman–Crippen LogP) is 8.21. The van der Waals surface area contributed by atoms with Crippen molar-refractivity contribution in [2.45, 2.75) is 113 Å². The first kappa shape index (κ1) is 26.4. The third kappa shape index (κ3) is 5.94. The van der Waals surface area contributed by atoms with Crippen LogP contribution in [0.25, 0.3) is 0 Å². The predicted molar refractivity (Wildman–Crippen MR) is 137 cm³/mol. The molecule has 32 heavy (non-hydrogen) atoms. The number of aromatic hydroxyl groups is 1. The van der Waals surface area contributed by atoms with Crippen LogP contribution in [0.3, 0.4) is 0 Å². The molecule has 0 heterocycles. The van der Waals surface area contributed by atoms with Crippen LogP contribution >= 0.6 is 0 Å². The molecular weight excluding hydrogens is 392 g/mol. The second kappa shape index (κ2) is 8.50. The quantitative estimate of drug-likeness (QED) is 0.514. The van der Waals surface area contributed by atoms with Crippen molar-refractivity contribution in [3.8, 4) is 5.75 Å². The highest BCUT2D eigenvalue weighted by molar-refractivity contribution is 5.98. The summed E-state index contributed by atoms with van der Waals surface area (Å²) in [6.45, 7) is 26.0. The van der Waals surface area contributed by atoms with Gasteiger partial charge in [0.25, 0.3) is 0 Å². The Balaban J connectivity index is 2.37. The summed E-state index contributed by atoms with van der Waals surface area (Å²) in [5.41, 5.74) is 6.28. The van der Waals surface area contributed by atoms with Gasteiger partial charge in [0, 0.05) is 12.0 Å². The van der Waals surface area contributed by atoms with Gasteiger partial charge < -0.3 is 5.11 Å². The highest BCUT2D eigenvalue weighted by Crippen LogP contribution is 2.44. The van der Waals surface area contributed by atoms with E-state index < -0.39 is 0 Å². The van der Waals surface area contributed by atoms with Crippen LogP contribution in [0.5, 0.6) is 5.75 Å². The minimum atomic E-state index is -0.164. The van der Waals surface area contributed by atoms with E-state index in [1.165, 1.54) is 11.1 Å². The molecule has 0 radical (unpaired) electrons. The van der Waals surface area contributed by atoms with Gasteiger partial charge in [0.2, 0.25) is 0 Å². The zero-order chi connectivity index (χ0) is 24.9. The van der Waals surface area contributed by atoms with E-state index >= 15 is 0 Å². The number of carbonyl (C=O) groups excluding carboxylic acids is 1. The van der Waals surface area contributed by atoms with E-state index in [1.807, 2.05) is 0 Å². The number of allylic oxidation sites excluding steroid dienone is 4. The van der Waals surface area contributed by atoms with Crippen LogP contribution in [0.2, 0.25) is 0 Å². The van der Waals surface area contributed by atoms with E-state index in [2.05, 4.69) is 101 Å². The second-order valence-corrected chi connectivity index (χ2v) is 13.7. The SMILES string of the molecule is CC(C)(C)C1=CC(C(C)(C)C)=C(C(=O)CCc2cc(C(C)(C)C)c(O)c(C(C)(C)C)c2)C1. The van der Waals surface area contributed by atoms with E-state index in [-0.39, 0.29) is 27.4 Å². The average molecular weight is 439 g/mol. The van der Waals surface area contributed by atoms with Gasteiger partial charge in [0.15, 0.2) is 5.78 Å². The number of phenols is 1. The highest BCUT2D eigenvalue weighted by atomic mass is 16.3. The normalized spacial score (nSPS) is 15.9. The van der Waals surface area contributed by atoms with Gasteiger partial charge >= 0.3 is 0 Å². The largest absolute Gasteiger partial charge is 0.507 e. The number of hydrogen-bond acceptors (Lipinski definition) is 2. The number of carbonyl (C=O) groups is 1. The Labute approximate surface area is 197 Å². The van der Waals surface area contributed by atoms with Crippen LogP contribution in [0.15, 0.2) is 34.9 Å². The number of ketones is 1. The second-order valence-electron chi connectivity index (χ2n) is 13.7. The van der Waals surface area contributed by atoms with Crippen molar-refractivity contribution >= 4 is 5.78 Å². The van der Waals surface area contributed by atoms with Gasteiger partial charge in [-0.1, -0.05) is 107 Å². The molecule has 1 aliphatic carbocycles. The molecule has 0 spiro atoms. The van der Waals surface area contributed by atoms with Crippen LogP contribution in [0.4, 0.5) is 0 Å². The summed E-state index contributed by atoms with van der Waals surface area (Å²) in [4.78, 5) is 13.4. The fourth-order valence-electron chi connectivity index (χ4n) is 4.39. The smallest absolute Gasteiger partial charge is 0.159 e. The standard InChI is InChI=1S/C30H46O2/c1-27(2,3)20-17-21(22(18-20)28(4,5)6)25(31)14-13-19-15-23(29(7,8)9)26(32)24(16-19)30(10,11)12/h15-16,18,32H,13-14,17H2,1-12H3. The molecule has 1 aliphatic rings. The summed E-state index contributed by atoms with van der Waals surface area (Å²) in [7, 11) is 0. The van der Waals surface area contributed by atoms with Gasteiger partial charge in [-0.3, -0.25) is 4.79 Å². The van der Waals surface area contributed by atoms with Crippen LogP contribution in [-0.4, -0.2) is 10.9 Å². The minimum Gasteiger partial charge on any atom is -0.507 e. The van der Waals surface area contributed by atoms with E-state index in [4.69, 9.17) is 0 Å². The van der Waals surface area contributed by atoms with Gasteiger partial charge in [-0.15, -0.1) is 0 Å². The van der Waals surface area contributed by atoms with Crippen LogP contribution in [-0.2, 0) is 22.0 Å². The lowest BCUT2D eigenvalue weighted by atomic mass is 9.78. The van der Waals surface area contributed by atoms with Crippen molar-refractivity contribution in [1.29, 1.82) is 0 Å². The summed E-state index contributed by atoms with van der Waals surface area (Å²) < 4.78 is 0. The summed E-state index contributed by atoms with van der Waals surface area (Å²) >= 11 is 0. The number of rotatable bonds is 4. The van der Waals surface area contributed by atoms with E-state index in [0.29, 0.717) is 18.6 Å². The van der Waals surface area contributed by atoms with E-state index in [9.17, 15) is 9.90 Å². The number of hydrogen-bond donors (Lipinski definition) is 1. The third-order valence-corrected chi connectivity index (χ3v) is 6.55. The Morgan fingerprint density at radius 3 is 1.62 bits per heavy atom. The molecule has 1 N–H and O–H groups in total. The molecule has 2 nitrogen and oxygen atoms in total. The number of phenolic OH excluding ortho intramolecular Hbond substituents is 1.